The molecule has 0 atom stereocenters. The monoisotopic (exact) mass is 367 g/mol. The molecule has 0 radical (unpaired) electrons. The van der Waals surface area contributed by atoms with E-state index in [2.05, 4.69) is 40.1 Å². The highest BCUT2D eigenvalue weighted by Gasteiger charge is 2.18. The summed E-state index contributed by atoms with van der Waals surface area (Å²) in [5, 5.41) is 7.39. The second-order valence-corrected chi connectivity index (χ2v) is 6.68. The number of nitrogens with zero attached hydrogens (tertiary/aromatic N) is 1. The Hall–Kier alpha value is -2.86. The highest BCUT2D eigenvalue weighted by Crippen LogP contribution is 2.22. The van der Waals surface area contributed by atoms with Crippen LogP contribution in [0.15, 0.2) is 59.7 Å². The van der Waals surface area contributed by atoms with Crippen molar-refractivity contribution >= 4 is 17.3 Å². The van der Waals surface area contributed by atoms with Gasteiger partial charge in [-0.25, -0.2) is 5.43 Å². The summed E-state index contributed by atoms with van der Waals surface area (Å²) in [7, 11) is 1.61. The van der Waals surface area contributed by atoms with E-state index in [1.54, 1.807) is 12.0 Å². The van der Waals surface area contributed by atoms with Crippen LogP contribution in [0.5, 0.6) is 5.75 Å². The van der Waals surface area contributed by atoms with Crippen LogP contribution in [0, 0.1) is 0 Å². The Bertz CT molecular complexity index is 767. The summed E-state index contributed by atoms with van der Waals surface area (Å²) in [6.07, 6.45) is 1.84. The van der Waals surface area contributed by atoms with E-state index in [1.165, 1.54) is 5.56 Å². The van der Waals surface area contributed by atoms with Crippen LogP contribution in [0.25, 0.3) is 0 Å². The molecule has 142 valence electrons. The number of carbonyl (C=O) groups is 1. The van der Waals surface area contributed by atoms with E-state index in [4.69, 9.17) is 4.74 Å². The number of hydrazone groups is 1. The van der Waals surface area contributed by atoms with Gasteiger partial charge in [-0.3, -0.25) is 4.79 Å². The minimum atomic E-state index is -0.160. The van der Waals surface area contributed by atoms with Crippen LogP contribution in [0.2, 0.25) is 0 Å². The van der Waals surface area contributed by atoms with E-state index < -0.39 is 0 Å². The first-order valence-electron chi connectivity index (χ1n) is 9.33. The third kappa shape index (κ3) is 5.82. The Morgan fingerprint density at radius 2 is 1.78 bits per heavy atom. The van der Waals surface area contributed by atoms with Gasteiger partial charge < -0.3 is 15.0 Å². The lowest BCUT2D eigenvalue weighted by atomic mass is 10.1. The number of quaternary nitrogens is 1. The highest BCUT2D eigenvalue weighted by molar-refractivity contribution is 5.87. The van der Waals surface area contributed by atoms with Crippen LogP contribution in [0.4, 0.5) is 5.69 Å². The predicted octanol–water partition coefficient (Wildman–Crippen LogP) is 1.46. The number of methoxy groups -OCH3 is 1. The molecule has 2 aromatic carbocycles. The second-order valence-electron chi connectivity index (χ2n) is 6.68. The van der Waals surface area contributed by atoms with E-state index in [0.717, 1.165) is 43.9 Å². The van der Waals surface area contributed by atoms with Gasteiger partial charge in [0.2, 0.25) is 0 Å². The molecule has 1 aliphatic heterocycles. The first-order valence-corrected chi connectivity index (χ1v) is 9.33. The summed E-state index contributed by atoms with van der Waals surface area (Å²) in [4.78, 5) is 13.6. The van der Waals surface area contributed by atoms with Gasteiger partial charge in [-0.15, -0.1) is 0 Å². The standard InChI is InChI=1S/C21H26N4O2/c1-27-20-10-6-5-9-19(20)22-15-21(26)24-23-18-11-13-25(14-12-18)16-17-7-3-2-4-8-17/h2-10,22H,11-16H2,1H3,(H,24,26)/p+1. The van der Waals surface area contributed by atoms with E-state index in [1.807, 2.05) is 30.3 Å². The molecule has 6 nitrogen and oxygen atoms in total. The Morgan fingerprint density at radius 3 is 2.52 bits per heavy atom. The van der Waals surface area contributed by atoms with Crippen molar-refractivity contribution in [2.24, 2.45) is 5.10 Å². The van der Waals surface area contributed by atoms with E-state index >= 15 is 0 Å². The molecule has 0 unspecified atom stereocenters. The van der Waals surface area contributed by atoms with Crippen LogP contribution in [-0.2, 0) is 11.3 Å². The third-order valence-corrected chi connectivity index (χ3v) is 4.72. The van der Waals surface area contributed by atoms with Crippen molar-refractivity contribution < 1.29 is 14.4 Å². The summed E-state index contributed by atoms with van der Waals surface area (Å²) >= 11 is 0. The van der Waals surface area contributed by atoms with Crippen LogP contribution >= 0.6 is 0 Å². The van der Waals surface area contributed by atoms with Crippen molar-refractivity contribution in [1.82, 2.24) is 5.43 Å². The maximum absolute atomic E-state index is 12.0. The largest absolute Gasteiger partial charge is 0.495 e. The maximum Gasteiger partial charge on any atom is 0.259 e. The number of amides is 1. The van der Waals surface area contributed by atoms with Gasteiger partial charge in [0.05, 0.1) is 32.4 Å². The SMILES string of the molecule is COc1ccccc1NCC(=O)NN=C1CC[NH+](Cc2ccccc2)CC1. The number of ether oxygens (including phenoxy) is 1. The van der Waals surface area contributed by atoms with Gasteiger partial charge in [0, 0.05) is 24.1 Å². The normalized spacial score (nSPS) is 16.5. The molecule has 0 aromatic heterocycles. The molecule has 1 aliphatic rings. The van der Waals surface area contributed by atoms with Gasteiger partial charge in [0.25, 0.3) is 5.91 Å². The molecular weight excluding hydrogens is 340 g/mol. The molecule has 3 rings (SSSR count). The third-order valence-electron chi connectivity index (χ3n) is 4.72. The number of hydrogen-bond donors (Lipinski definition) is 3. The summed E-state index contributed by atoms with van der Waals surface area (Å²) in [5.74, 6) is 0.554. The molecule has 0 saturated carbocycles. The molecular formula is C21H27N4O2+. The summed E-state index contributed by atoms with van der Waals surface area (Å²) in [6, 6.07) is 18.1. The van der Waals surface area contributed by atoms with E-state index in [9.17, 15) is 4.79 Å². The van der Waals surface area contributed by atoms with Gasteiger partial charge in [0.1, 0.15) is 12.3 Å². The molecule has 6 heteroatoms. The number of carbonyl (C=O) groups excluding carboxylic acids is 1. The fourth-order valence-corrected chi connectivity index (χ4v) is 3.21. The number of hydrogen-bond acceptors (Lipinski definition) is 4. The molecule has 27 heavy (non-hydrogen) atoms. The van der Waals surface area contributed by atoms with E-state index in [0.29, 0.717) is 5.75 Å². The minimum absolute atomic E-state index is 0.155. The molecule has 1 heterocycles. The van der Waals surface area contributed by atoms with Crippen molar-refractivity contribution in [3.05, 3.63) is 60.2 Å². The molecule has 1 fully saturated rings. The predicted molar refractivity (Wildman–Crippen MR) is 107 cm³/mol. The van der Waals surface area contributed by atoms with Crippen LogP contribution < -0.4 is 20.4 Å². The van der Waals surface area contributed by atoms with Crippen molar-refractivity contribution in [2.45, 2.75) is 19.4 Å². The minimum Gasteiger partial charge on any atom is -0.495 e. The number of anilines is 1. The molecule has 0 spiro atoms. The first-order chi connectivity index (χ1) is 13.2. The topological polar surface area (TPSA) is 67.2 Å². The Kier molecular flexibility index (Phi) is 6.82. The number of piperidine rings is 1. The van der Waals surface area contributed by atoms with Gasteiger partial charge in [0.15, 0.2) is 0 Å². The smallest absolute Gasteiger partial charge is 0.259 e. The molecule has 2 aromatic rings. The lowest BCUT2D eigenvalue weighted by Gasteiger charge is -2.24. The Morgan fingerprint density at radius 1 is 1.07 bits per heavy atom. The molecule has 3 N–H and O–H groups in total. The fourth-order valence-electron chi connectivity index (χ4n) is 3.21. The summed E-state index contributed by atoms with van der Waals surface area (Å²) in [5.41, 5.74) is 5.88. The van der Waals surface area contributed by atoms with Crippen LogP contribution in [0.1, 0.15) is 18.4 Å². The molecule has 1 saturated heterocycles. The number of benzene rings is 2. The molecule has 1 amide bonds. The van der Waals surface area contributed by atoms with Crippen molar-refractivity contribution in [3.63, 3.8) is 0 Å². The number of rotatable bonds is 7. The molecule has 0 bridgehead atoms. The Labute approximate surface area is 160 Å². The van der Waals surface area contributed by atoms with Gasteiger partial charge in [-0.05, 0) is 12.1 Å². The molecule has 0 aliphatic carbocycles. The van der Waals surface area contributed by atoms with Crippen LogP contribution in [-0.4, -0.2) is 38.4 Å². The fraction of sp³-hybridized carbons (Fsp3) is 0.333. The average molecular weight is 367 g/mol. The highest BCUT2D eigenvalue weighted by atomic mass is 16.5. The lowest BCUT2D eigenvalue weighted by Crippen LogP contribution is -3.11. The summed E-state index contributed by atoms with van der Waals surface area (Å²) in [6.45, 7) is 3.29. The zero-order valence-corrected chi connectivity index (χ0v) is 15.7. The zero-order chi connectivity index (χ0) is 18.9. The number of nitrogens with one attached hydrogen (secondary N) is 3. The van der Waals surface area contributed by atoms with E-state index in [-0.39, 0.29) is 12.5 Å². The first kappa shape index (κ1) is 18.9. The lowest BCUT2D eigenvalue weighted by molar-refractivity contribution is -0.914. The van der Waals surface area contributed by atoms with Gasteiger partial charge >= 0.3 is 0 Å². The second kappa shape index (κ2) is 9.73. The van der Waals surface area contributed by atoms with Crippen molar-refractivity contribution in [2.75, 3.05) is 32.1 Å². The number of likely N-dealkylation sites (tertiary alicyclic amines) is 1. The van der Waals surface area contributed by atoms with Gasteiger partial charge in [-0.2, -0.15) is 5.10 Å². The Balaban J connectivity index is 1.40. The quantitative estimate of drug-likeness (QED) is 0.649. The zero-order valence-electron chi connectivity index (χ0n) is 15.7. The summed E-state index contributed by atoms with van der Waals surface area (Å²) < 4.78 is 5.26. The van der Waals surface area contributed by atoms with Gasteiger partial charge in [-0.1, -0.05) is 42.5 Å². The number of para-hydroxylation sites is 2. The average Bonchev–Trinajstić information content (AvgIpc) is 2.72. The maximum atomic E-state index is 12.0. The van der Waals surface area contributed by atoms with Crippen molar-refractivity contribution in [1.29, 1.82) is 0 Å². The van der Waals surface area contributed by atoms with Crippen LogP contribution in [0.3, 0.4) is 0 Å². The van der Waals surface area contributed by atoms with Crippen molar-refractivity contribution in [3.8, 4) is 5.75 Å².